The SMILES string of the molecule is CCC1CN(Cc2cccnn2)CCCN1. The van der Waals surface area contributed by atoms with E-state index < -0.39 is 0 Å². The molecule has 1 fully saturated rings. The summed E-state index contributed by atoms with van der Waals surface area (Å²) < 4.78 is 0. The second-order valence-corrected chi connectivity index (χ2v) is 4.36. The van der Waals surface area contributed by atoms with Gasteiger partial charge in [-0.25, -0.2) is 0 Å². The van der Waals surface area contributed by atoms with E-state index in [2.05, 4.69) is 27.3 Å². The molecule has 1 aromatic heterocycles. The standard InChI is InChI=1S/C12H20N4/c1-2-11-9-16(8-4-6-13-11)10-12-5-3-7-14-15-12/h3,5,7,11,13H,2,4,6,8-10H2,1H3. The van der Waals surface area contributed by atoms with Crippen LogP contribution in [-0.4, -0.2) is 40.8 Å². The maximum absolute atomic E-state index is 4.14. The number of nitrogens with zero attached hydrogens (tertiary/aromatic N) is 3. The highest BCUT2D eigenvalue weighted by Crippen LogP contribution is 2.07. The fourth-order valence-electron chi connectivity index (χ4n) is 2.14. The highest BCUT2D eigenvalue weighted by atomic mass is 15.2. The summed E-state index contributed by atoms with van der Waals surface area (Å²) in [6, 6.07) is 4.63. The average Bonchev–Trinajstić information content (AvgIpc) is 2.55. The van der Waals surface area contributed by atoms with Gasteiger partial charge in [-0.05, 0) is 38.1 Å². The summed E-state index contributed by atoms with van der Waals surface area (Å²) in [5, 5.41) is 11.6. The fourth-order valence-corrected chi connectivity index (χ4v) is 2.14. The Balaban J connectivity index is 1.93. The molecular formula is C12H20N4. The molecule has 16 heavy (non-hydrogen) atoms. The van der Waals surface area contributed by atoms with Gasteiger partial charge in [0.25, 0.3) is 0 Å². The van der Waals surface area contributed by atoms with Crippen LogP contribution >= 0.6 is 0 Å². The molecule has 0 aromatic carbocycles. The quantitative estimate of drug-likeness (QED) is 0.826. The molecule has 0 saturated carbocycles. The number of nitrogens with one attached hydrogen (secondary N) is 1. The van der Waals surface area contributed by atoms with Gasteiger partial charge in [0.1, 0.15) is 0 Å². The molecule has 2 rings (SSSR count). The zero-order valence-electron chi connectivity index (χ0n) is 9.89. The van der Waals surface area contributed by atoms with Gasteiger partial charge in [-0.2, -0.15) is 10.2 Å². The zero-order valence-corrected chi connectivity index (χ0v) is 9.89. The van der Waals surface area contributed by atoms with E-state index in [0.717, 1.165) is 31.9 Å². The molecule has 0 amide bonds. The van der Waals surface area contributed by atoms with Gasteiger partial charge in [0, 0.05) is 25.3 Å². The molecule has 1 N–H and O–H groups in total. The lowest BCUT2D eigenvalue weighted by Crippen LogP contribution is -2.36. The lowest BCUT2D eigenvalue weighted by atomic mass is 10.2. The topological polar surface area (TPSA) is 41.1 Å². The first kappa shape index (κ1) is 11.5. The number of hydrogen-bond donors (Lipinski definition) is 1. The Hall–Kier alpha value is -1.00. The largest absolute Gasteiger partial charge is 0.313 e. The Morgan fingerprint density at radius 1 is 1.56 bits per heavy atom. The van der Waals surface area contributed by atoms with Crippen molar-refractivity contribution >= 4 is 0 Å². The van der Waals surface area contributed by atoms with Crippen molar-refractivity contribution in [2.75, 3.05) is 19.6 Å². The van der Waals surface area contributed by atoms with Crippen LogP contribution in [0.4, 0.5) is 0 Å². The van der Waals surface area contributed by atoms with E-state index in [1.807, 2.05) is 12.1 Å². The van der Waals surface area contributed by atoms with Crippen LogP contribution in [-0.2, 0) is 6.54 Å². The molecule has 0 radical (unpaired) electrons. The van der Waals surface area contributed by atoms with Crippen molar-refractivity contribution in [3.05, 3.63) is 24.0 Å². The van der Waals surface area contributed by atoms with Crippen LogP contribution in [0.15, 0.2) is 18.3 Å². The van der Waals surface area contributed by atoms with E-state index in [4.69, 9.17) is 0 Å². The van der Waals surface area contributed by atoms with Gasteiger partial charge >= 0.3 is 0 Å². The van der Waals surface area contributed by atoms with Crippen LogP contribution in [0.25, 0.3) is 0 Å². The second-order valence-electron chi connectivity index (χ2n) is 4.36. The minimum absolute atomic E-state index is 0.624. The van der Waals surface area contributed by atoms with E-state index in [0.29, 0.717) is 6.04 Å². The molecule has 2 heterocycles. The Kier molecular flexibility index (Phi) is 4.25. The Labute approximate surface area is 97.1 Å². The first-order valence-electron chi connectivity index (χ1n) is 6.11. The molecular weight excluding hydrogens is 200 g/mol. The van der Waals surface area contributed by atoms with Gasteiger partial charge < -0.3 is 5.32 Å². The smallest absolute Gasteiger partial charge is 0.0771 e. The summed E-state index contributed by atoms with van der Waals surface area (Å²) in [6.07, 6.45) is 4.13. The van der Waals surface area contributed by atoms with E-state index >= 15 is 0 Å². The average molecular weight is 220 g/mol. The van der Waals surface area contributed by atoms with Gasteiger partial charge in [0.2, 0.25) is 0 Å². The molecule has 1 aromatic rings. The molecule has 0 bridgehead atoms. The molecule has 1 aliphatic rings. The second kappa shape index (κ2) is 5.92. The molecule has 88 valence electrons. The van der Waals surface area contributed by atoms with Crippen molar-refractivity contribution in [3.63, 3.8) is 0 Å². The summed E-state index contributed by atoms with van der Waals surface area (Å²) in [5.74, 6) is 0. The Bertz CT molecular complexity index is 301. The van der Waals surface area contributed by atoms with Crippen molar-refractivity contribution in [1.82, 2.24) is 20.4 Å². The molecule has 4 nitrogen and oxygen atoms in total. The molecule has 0 aliphatic carbocycles. The van der Waals surface area contributed by atoms with Crippen molar-refractivity contribution in [1.29, 1.82) is 0 Å². The molecule has 4 heteroatoms. The van der Waals surface area contributed by atoms with Gasteiger partial charge in [0.15, 0.2) is 0 Å². The summed E-state index contributed by atoms with van der Waals surface area (Å²) in [7, 11) is 0. The zero-order chi connectivity index (χ0) is 11.2. The highest BCUT2D eigenvalue weighted by molar-refractivity contribution is 4.99. The molecule has 1 saturated heterocycles. The van der Waals surface area contributed by atoms with E-state index in [1.165, 1.54) is 12.8 Å². The van der Waals surface area contributed by atoms with Gasteiger partial charge in [0.05, 0.1) is 5.69 Å². The Morgan fingerprint density at radius 2 is 2.50 bits per heavy atom. The van der Waals surface area contributed by atoms with E-state index in [9.17, 15) is 0 Å². The van der Waals surface area contributed by atoms with Crippen LogP contribution < -0.4 is 5.32 Å². The summed E-state index contributed by atoms with van der Waals surface area (Å²) in [5.41, 5.74) is 1.07. The van der Waals surface area contributed by atoms with Crippen LogP contribution in [0, 0.1) is 0 Å². The normalized spacial score (nSPS) is 22.9. The lowest BCUT2D eigenvalue weighted by Gasteiger charge is -2.22. The third-order valence-electron chi connectivity index (χ3n) is 3.07. The third-order valence-corrected chi connectivity index (χ3v) is 3.07. The van der Waals surface area contributed by atoms with Crippen molar-refractivity contribution in [2.24, 2.45) is 0 Å². The first-order chi connectivity index (χ1) is 7.88. The number of aromatic nitrogens is 2. The van der Waals surface area contributed by atoms with Gasteiger partial charge in [-0.15, -0.1) is 0 Å². The summed E-state index contributed by atoms with van der Waals surface area (Å²) in [6.45, 7) is 6.57. The first-order valence-corrected chi connectivity index (χ1v) is 6.11. The van der Waals surface area contributed by atoms with E-state index in [-0.39, 0.29) is 0 Å². The predicted octanol–water partition coefficient (Wildman–Crippen LogP) is 1.05. The van der Waals surface area contributed by atoms with Crippen molar-refractivity contribution in [2.45, 2.75) is 32.4 Å². The molecule has 1 unspecified atom stereocenters. The fraction of sp³-hybridized carbons (Fsp3) is 0.667. The lowest BCUT2D eigenvalue weighted by molar-refractivity contribution is 0.254. The minimum Gasteiger partial charge on any atom is -0.313 e. The summed E-state index contributed by atoms with van der Waals surface area (Å²) in [4.78, 5) is 2.47. The molecule has 0 spiro atoms. The maximum atomic E-state index is 4.14. The van der Waals surface area contributed by atoms with Crippen molar-refractivity contribution in [3.8, 4) is 0 Å². The predicted molar refractivity (Wildman–Crippen MR) is 64.0 cm³/mol. The summed E-state index contributed by atoms with van der Waals surface area (Å²) >= 11 is 0. The number of rotatable bonds is 3. The Morgan fingerprint density at radius 3 is 3.25 bits per heavy atom. The van der Waals surface area contributed by atoms with Crippen LogP contribution in [0.3, 0.4) is 0 Å². The monoisotopic (exact) mass is 220 g/mol. The van der Waals surface area contributed by atoms with Crippen LogP contribution in [0.2, 0.25) is 0 Å². The highest BCUT2D eigenvalue weighted by Gasteiger charge is 2.16. The van der Waals surface area contributed by atoms with Crippen LogP contribution in [0.5, 0.6) is 0 Å². The molecule has 1 aliphatic heterocycles. The third kappa shape index (κ3) is 3.25. The maximum Gasteiger partial charge on any atom is 0.0771 e. The number of hydrogen-bond acceptors (Lipinski definition) is 4. The van der Waals surface area contributed by atoms with Gasteiger partial charge in [-0.1, -0.05) is 6.92 Å². The molecule has 1 atom stereocenters. The minimum atomic E-state index is 0.624. The van der Waals surface area contributed by atoms with Gasteiger partial charge in [-0.3, -0.25) is 4.90 Å². The van der Waals surface area contributed by atoms with Crippen LogP contribution in [0.1, 0.15) is 25.5 Å². The van der Waals surface area contributed by atoms with Crippen molar-refractivity contribution < 1.29 is 0 Å². The van der Waals surface area contributed by atoms with E-state index in [1.54, 1.807) is 6.20 Å².